The smallest absolute Gasteiger partial charge is 0.381 e. The Bertz CT molecular complexity index is 1330. The minimum absolute atomic E-state index is 0.0944. The molecule has 14 heteroatoms. The molecule has 0 aromatic carbocycles. The minimum atomic E-state index is -3.24. The van der Waals surface area contributed by atoms with Crippen molar-refractivity contribution in [3.05, 3.63) is 40.2 Å². The fourth-order valence-electron chi connectivity index (χ4n) is 3.38. The normalized spacial score (nSPS) is 16.3. The van der Waals surface area contributed by atoms with Gasteiger partial charge in [0.2, 0.25) is 16.0 Å². The molecule has 32 heavy (non-hydrogen) atoms. The van der Waals surface area contributed by atoms with Gasteiger partial charge in [0.05, 0.1) is 18.0 Å². The Hall–Kier alpha value is -3.26. The van der Waals surface area contributed by atoms with Gasteiger partial charge in [-0.25, -0.2) is 17.9 Å². The van der Waals surface area contributed by atoms with Gasteiger partial charge in [0, 0.05) is 37.3 Å². The lowest BCUT2D eigenvalue weighted by Gasteiger charge is -2.20. The zero-order valence-electron chi connectivity index (χ0n) is 17.4. The maximum Gasteiger partial charge on any atom is 0.381 e. The summed E-state index contributed by atoms with van der Waals surface area (Å²) < 4.78 is 35.7. The molecule has 0 unspecified atom stereocenters. The number of ether oxygens (including phenoxy) is 1. The van der Waals surface area contributed by atoms with Crippen LogP contribution in [0.3, 0.4) is 0 Å². The summed E-state index contributed by atoms with van der Waals surface area (Å²) in [6, 6.07) is 3.17. The number of nitrogens with one attached hydrogen (secondary N) is 1. The third kappa shape index (κ3) is 4.23. The number of aryl methyl sites for hydroxylation is 1. The number of hydrogen-bond acceptors (Lipinski definition) is 11. The van der Waals surface area contributed by atoms with Crippen molar-refractivity contribution in [1.82, 2.24) is 20.0 Å². The number of hydrogen-bond donors (Lipinski definition) is 1. The summed E-state index contributed by atoms with van der Waals surface area (Å²) in [4.78, 5) is 26.9. The Morgan fingerprint density at radius 2 is 2.16 bits per heavy atom. The molecular weight excluding hydrogens is 460 g/mol. The van der Waals surface area contributed by atoms with Gasteiger partial charge in [0.25, 0.3) is 5.91 Å². The highest BCUT2D eigenvalue weighted by molar-refractivity contribution is 7.91. The SMILES string of the molecule is COc1c(N2CC[C@@H](S(C)(=O)=O)C2)cc(C(=O)Nc2nnc(-n3nccc3C)s2)oc1=O. The average molecular weight is 481 g/mol. The van der Waals surface area contributed by atoms with Crippen LogP contribution < -0.4 is 20.6 Å². The molecule has 1 atom stereocenters. The first-order valence-electron chi connectivity index (χ1n) is 9.49. The van der Waals surface area contributed by atoms with Crippen LogP contribution in [0.4, 0.5) is 10.8 Å². The van der Waals surface area contributed by atoms with E-state index in [1.165, 1.54) is 19.4 Å². The second-order valence-corrected chi connectivity index (χ2v) is 10.5. The number of rotatable bonds is 6. The molecule has 12 nitrogen and oxygen atoms in total. The van der Waals surface area contributed by atoms with Crippen molar-refractivity contribution in [3.63, 3.8) is 0 Å². The largest absolute Gasteiger partial charge is 0.488 e. The standard InChI is InChI=1S/C18H20N6O6S2/c1-10-4-6-19-24(10)18-22-21-17(31-18)20-15(25)13-8-12(14(29-2)16(26)30-13)23-7-5-11(9-23)32(3,27)28/h4,6,8,11H,5,7,9H2,1-3H3,(H,20,21,25)/t11-/m1/s1. The van der Waals surface area contributed by atoms with Gasteiger partial charge < -0.3 is 14.1 Å². The summed E-state index contributed by atoms with van der Waals surface area (Å²) >= 11 is 1.10. The number of sulfone groups is 1. The van der Waals surface area contributed by atoms with E-state index >= 15 is 0 Å². The zero-order valence-corrected chi connectivity index (χ0v) is 19.1. The molecule has 4 rings (SSSR count). The highest BCUT2D eigenvalue weighted by atomic mass is 32.2. The molecule has 1 saturated heterocycles. The summed E-state index contributed by atoms with van der Waals surface area (Å²) in [6.07, 6.45) is 3.21. The monoisotopic (exact) mass is 480 g/mol. The third-order valence-corrected chi connectivity index (χ3v) is 7.47. The number of amides is 1. The molecule has 0 bridgehead atoms. The molecule has 3 aromatic heterocycles. The number of carbonyl (C=O) groups excluding carboxylic acids is 1. The van der Waals surface area contributed by atoms with Gasteiger partial charge in [-0.15, -0.1) is 10.2 Å². The molecule has 4 heterocycles. The van der Waals surface area contributed by atoms with Crippen molar-refractivity contribution in [1.29, 1.82) is 0 Å². The van der Waals surface area contributed by atoms with Crippen LogP contribution in [0.1, 0.15) is 22.7 Å². The van der Waals surface area contributed by atoms with Crippen LogP contribution in [0.2, 0.25) is 0 Å². The molecule has 170 valence electrons. The van der Waals surface area contributed by atoms with Gasteiger partial charge in [-0.1, -0.05) is 11.3 Å². The number of aromatic nitrogens is 4. The molecule has 0 radical (unpaired) electrons. The lowest BCUT2D eigenvalue weighted by molar-refractivity contribution is 0.0991. The fourth-order valence-corrected chi connectivity index (χ4v) is 5.12. The van der Waals surface area contributed by atoms with E-state index in [0.717, 1.165) is 17.0 Å². The van der Waals surface area contributed by atoms with Gasteiger partial charge >= 0.3 is 5.63 Å². The van der Waals surface area contributed by atoms with Crippen LogP contribution in [0.25, 0.3) is 5.13 Å². The Morgan fingerprint density at radius 1 is 1.38 bits per heavy atom. The summed E-state index contributed by atoms with van der Waals surface area (Å²) in [5.41, 5.74) is 0.302. The Morgan fingerprint density at radius 3 is 2.78 bits per heavy atom. The number of anilines is 2. The molecule has 1 aliphatic heterocycles. The number of carbonyl (C=O) groups is 1. The first-order chi connectivity index (χ1) is 15.2. The Kier molecular flexibility index (Phi) is 5.73. The van der Waals surface area contributed by atoms with E-state index in [1.54, 1.807) is 21.8 Å². The first-order valence-corrected chi connectivity index (χ1v) is 12.3. The molecule has 3 aromatic rings. The Balaban J connectivity index is 1.59. The van der Waals surface area contributed by atoms with Gasteiger partial charge in [0.15, 0.2) is 15.6 Å². The number of methoxy groups -OCH3 is 1. The summed E-state index contributed by atoms with van der Waals surface area (Å²) in [7, 11) is -1.94. The van der Waals surface area contributed by atoms with Crippen molar-refractivity contribution in [2.24, 2.45) is 0 Å². The van der Waals surface area contributed by atoms with Crippen LogP contribution in [-0.4, -0.2) is 66.0 Å². The lowest BCUT2D eigenvalue weighted by Crippen LogP contribution is -2.28. The van der Waals surface area contributed by atoms with Crippen molar-refractivity contribution < 1.29 is 22.4 Å². The zero-order chi connectivity index (χ0) is 23.0. The molecule has 0 saturated carbocycles. The van der Waals surface area contributed by atoms with Gasteiger partial charge in [-0.2, -0.15) is 5.10 Å². The van der Waals surface area contributed by atoms with E-state index in [-0.39, 0.29) is 23.2 Å². The van der Waals surface area contributed by atoms with Crippen molar-refractivity contribution in [2.45, 2.75) is 18.6 Å². The number of nitrogens with zero attached hydrogens (tertiary/aromatic N) is 5. The average Bonchev–Trinajstić information content (AvgIpc) is 3.47. The van der Waals surface area contributed by atoms with E-state index in [1.807, 2.05) is 6.92 Å². The van der Waals surface area contributed by atoms with E-state index in [4.69, 9.17) is 9.15 Å². The molecule has 1 amide bonds. The van der Waals surface area contributed by atoms with E-state index in [0.29, 0.717) is 23.8 Å². The quantitative estimate of drug-likeness (QED) is 0.538. The molecule has 1 fully saturated rings. The van der Waals surface area contributed by atoms with Crippen LogP contribution in [0.15, 0.2) is 27.5 Å². The topological polar surface area (TPSA) is 150 Å². The second-order valence-electron chi connectivity index (χ2n) is 7.23. The molecular formula is C18H20N6O6S2. The highest BCUT2D eigenvalue weighted by Crippen LogP contribution is 2.31. The Labute approximate surface area is 186 Å². The van der Waals surface area contributed by atoms with Crippen molar-refractivity contribution in [3.8, 4) is 10.9 Å². The van der Waals surface area contributed by atoms with Crippen LogP contribution in [-0.2, 0) is 9.84 Å². The van der Waals surface area contributed by atoms with Gasteiger partial charge in [0.1, 0.15) is 0 Å². The summed E-state index contributed by atoms with van der Waals surface area (Å²) in [5, 5.41) is 14.7. The molecule has 1 aliphatic rings. The van der Waals surface area contributed by atoms with E-state index in [9.17, 15) is 18.0 Å². The fraction of sp³-hybridized carbons (Fsp3) is 0.389. The maximum absolute atomic E-state index is 12.7. The van der Waals surface area contributed by atoms with Crippen molar-refractivity contribution in [2.75, 3.05) is 36.7 Å². The minimum Gasteiger partial charge on any atom is -0.488 e. The maximum atomic E-state index is 12.7. The van der Waals surface area contributed by atoms with Crippen LogP contribution >= 0.6 is 11.3 Å². The molecule has 1 N–H and O–H groups in total. The van der Waals surface area contributed by atoms with Crippen molar-refractivity contribution >= 4 is 37.9 Å². The lowest BCUT2D eigenvalue weighted by atomic mass is 10.3. The molecule has 0 spiro atoms. The third-order valence-electron chi connectivity index (χ3n) is 5.06. The van der Waals surface area contributed by atoms with Crippen LogP contribution in [0, 0.1) is 6.92 Å². The van der Waals surface area contributed by atoms with E-state index < -0.39 is 26.6 Å². The van der Waals surface area contributed by atoms with Crippen LogP contribution in [0.5, 0.6) is 5.75 Å². The predicted octanol–water partition coefficient (Wildman–Crippen LogP) is 0.870. The first kappa shape index (κ1) is 22.0. The summed E-state index contributed by atoms with van der Waals surface area (Å²) in [6.45, 7) is 2.43. The summed E-state index contributed by atoms with van der Waals surface area (Å²) in [5.74, 6) is -1.06. The van der Waals surface area contributed by atoms with Gasteiger partial charge in [-0.3, -0.25) is 10.1 Å². The molecule has 0 aliphatic carbocycles. The predicted molar refractivity (Wildman–Crippen MR) is 117 cm³/mol. The second kappa shape index (κ2) is 8.35. The van der Waals surface area contributed by atoms with Gasteiger partial charge in [-0.05, 0) is 19.4 Å². The van der Waals surface area contributed by atoms with E-state index in [2.05, 4.69) is 20.6 Å². The highest BCUT2D eigenvalue weighted by Gasteiger charge is 2.33.